The van der Waals surface area contributed by atoms with E-state index in [0.717, 1.165) is 16.5 Å². The second kappa shape index (κ2) is 8.54. The Morgan fingerprint density at radius 3 is 2.83 bits per heavy atom. The number of nitrogens with zero attached hydrogens (tertiary/aromatic N) is 2. The van der Waals surface area contributed by atoms with Crippen LogP contribution in [0.25, 0.3) is 10.9 Å². The molecule has 0 aliphatic rings. The van der Waals surface area contributed by atoms with E-state index >= 15 is 0 Å². The van der Waals surface area contributed by atoms with E-state index in [2.05, 4.69) is 10.3 Å². The number of fused-ring (bicyclic) bond motifs is 1. The first-order valence-corrected chi connectivity index (χ1v) is 8.98. The highest BCUT2D eigenvalue weighted by Gasteiger charge is 2.21. The first-order chi connectivity index (χ1) is 11.5. The molecule has 0 bridgehead atoms. The van der Waals surface area contributed by atoms with E-state index in [1.807, 2.05) is 36.6 Å². The van der Waals surface area contributed by atoms with Gasteiger partial charge in [-0.15, -0.1) is 0 Å². The van der Waals surface area contributed by atoms with Crippen LogP contribution >= 0.6 is 11.8 Å². The normalized spacial score (nSPS) is 11.9. The van der Waals surface area contributed by atoms with Gasteiger partial charge in [0.2, 0.25) is 0 Å². The number of benzene rings is 1. The minimum Gasteiger partial charge on any atom is -0.480 e. The lowest BCUT2D eigenvalue weighted by molar-refractivity contribution is -0.139. The molecule has 0 aliphatic heterocycles. The maximum absolute atomic E-state index is 12.3. The number of aliphatic carboxylic acids is 1. The summed E-state index contributed by atoms with van der Waals surface area (Å²) >= 11 is 1.55. The molecule has 7 heteroatoms. The van der Waals surface area contributed by atoms with Gasteiger partial charge in [-0.1, -0.05) is 18.2 Å². The molecule has 0 aliphatic carbocycles. The van der Waals surface area contributed by atoms with Crippen LogP contribution in [0.4, 0.5) is 4.79 Å². The van der Waals surface area contributed by atoms with Crippen molar-refractivity contribution < 1.29 is 14.7 Å². The van der Waals surface area contributed by atoms with Crippen molar-refractivity contribution in [3.05, 3.63) is 42.1 Å². The first kappa shape index (κ1) is 18.1. The Morgan fingerprint density at radius 1 is 1.33 bits per heavy atom. The monoisotopic (exact) mass is 347 g/mol. The summed E-state index contributed by atoms with van der Waals surface area (Å²) in [4.78, 5) is 29.3. The summed E-state index contributed by atoms with van der Waals surface area (Å²) in [5, 5.41) is 12.8. The molecule has 24 heavy (non-hydrogen) atoms. The number of aromatic nitrogens is 1. The molecule has 0 saturated heterocycles. The van der Waals surface area contributed by atoms with Gasteiger partial charge in [0, 0.05) is 25.2 Å². The van der Waals surface area contributed by atoms with Gasteiger partial charge in [-0.2, -0.15) is 11.8 Å². The lowest BCUT2D eigenvalue weighted by Gasteiger charge is -2.22. The average molecular weight is 347 g/mol. The van der Waals surface area contributed by atoms with Crippen molar-refractivity contribution in [3.8, 4) is 0 Å². The van der Waals surface area contributed by atoms with Gasteiger partial charge in [-0.25, -0.2) is 9.59 Å². The van der Waals surface area contributed by atoms with Gasteiger partial charge in [0.25, 0.3) is 0 Å². The number of hydrogen-bond donors (Lipinski definition) is 2. The number of hydrogen-bond acceptors (Lipinski definition) is 4. The molecule has 0 saturated carbocycles. The van der Waals surface area contributed by atoms with E-state index in [1.54, 1.807) is 25.0 Å². The summed E-state index contributed by atoms with van der Waals surface area (Å²) in [6, 6.07) is 8.30. The van der Waals surface area contributed by atoms with E-state index in [-0.39, 0.29) is 0 Å². The maximum Gasteiger partial charge on any atom is 0.326 e. The molecular weight excluding hydrogens is 326 g/mol. The van der Waals surface area contributed by atoms with Crippen molar-refractivity contribution in [2.75, 3.05) is 19.1 Å². The van der Waals surface area contributed by atoms with Crippen molar-refractivity contribution in [2.45, 2.75) is 19.0 Å². The second-order valence-corrected chi connectivity index (χ2v) is 6.45. The molecule has 0 spiro atoms. The van der Waals surface area contributed by atoms with Gasteiger partial charge >= 0.3 is 12.0 Å². The van der Waals surface area contributed by atoms with Crippen LogP contribution < -0.4 is 5.32 Å². The molecule has 0 radical (unpaired) electrons. The zero-order valence-electron chi connectivity index (χ0n) is 13.7. The average Bonchev–Trinajstić information content (AvgIpc) is 2.58. The number of carbonyl (C=O) groups excluding carboxylic acids is 1. The van der Waals surface area contributed by atoms with Gasteiger partial charge in [0.15, 0.2) is 0 Å². The molecule has 128 valence electrons. The van der Waals surface area contributed by atoms with Gasteiger partial charge in [0.05, 0.1) is 5.52 Å². The summed E-state index contributed by atoms with van der Waals surface area (Å²) in [6.45, 7) is 0.379. The molecule has 1 aromatic heterocycles. The number of carboxylic acids is 1. The summed E-state index contributed by atoms with van der Waals surface area (Å²) < 4.78 is 0. The summed E-state index contributed by atoms with van der Waals surface area (Å²) in [5.41, 5.74) is 1.83. The Bertz CT molecular complexity index is 718. The highest BCUT2D eigenvalue weighted by molar-refractivity contribution is 7.98. The zero-order chi connectivity index (χ0) is 17.5. The standard InChI is InChI=1S/C17H21N3O3S/c1-20(17(23)19-15(16(21)22)8-10-24-2)11-12-5-3-7-14-13(12)6-4-9-18-14/h3-7,9,15H,8,10-11H2,1-2H3,(H,19,23)(H,21,22)/t15-/m0/s1. The van der Waals surface area contributed by atoms with Crippen LogP contribution in [0.3, 0.4) is 0 Å². The quantitative estimate of drug-likeness (QED) is 0.804. The van der Waals surface area contributed by atoms with Gasteiger partial charge in [-0.3, -0.25) is 4.98 Å². The molecule has 2 amide bonds. The molecule has 1 aromatic carbocycles. The van der Waals surface area contributed by atoms with Crippen molar-refractivity contribution in [2.24, 2.45) is 0 Å². The van der Waals surface area contributed by atoms with Crippen molar-refractivity contribution in [1.29, 1.82) is 0 Å². The van der Waals surface area contributed by atoms with Crippen molar-refractivity contribution >= 4 is 34.7 Å². The topological polar surface area (TPSA) is 82.5 Å². The minimum absolute atomic E-state index is 0.379. The van der Waals surface area contributed by atoms with Crippen molar-refractivity contribution in [1.82, 2.24) is 15.2 Å². The molecule has 2 aromatic rings. The van der Waals surface area contributed by atoms with Crippen molar-refractivity contribution in [3.63, 3.8) is 0 Å². The summed E-state index contributed by atoms with van der Waals surface area (Å²) in [5.74, 6) is -0.337. The number of pyridine rings is 1. The zero-order valence-corrected chi connectivity index (χ0v) is 14.5. The molecule has 2 rings (SSSR count). The lowest BCUT2D eigenvalue weighted by atomic mass is 10.1. The number of urea groups is 1. The Balaban J connectivity index is 2.06. The van der Waals surface area contributed by atoms with E-state index < -0.39 is 18.0 Å². The van der Waals surface area contributed by atoms with Crippen LogP contribution in [0.15, 0.2) is 36.5 Å². The third kappa shape index (κ3) is 4.61. The lowest BCUT2D eigenvalue weighted by Crippen LogP contribution is -2.46. The number of carbonyl (C=O) groups is 2. The van der Waals surface area contributed by atoms with E-state index in [1.165, 1.54) is 4.90 Å². The molecule has 2 N–H and O–H groups in total. The van der Waals surface area contributed by atoms with E-state index in [0.29, 0.717) is 18.7 Å². The van der Waals surface area contributed by atoms with Crippen LogP contribution in [-0.4, -0.2) is 52.1 Å². The van der Waals surface area contributed by atoms with Crippen LogP contribution in [0, 0.1) is 0 Å². The molecular formula is C17H21N3O3S. The Kier molecular flexibility index (Phi) is 6.43. The highest BCUT2D eigenvalue weighted by atomic mass is 32.2. The van der Waals surface area contributed by atoms with Gasteiger partial charge in [-0.05, 0) is 36.1 Å². The fourth-order valence-electron chi connectivity index (χ4n) is 2.38. The van der Waals surface area contributed by atoms with Crippen LogP contribution in [0.1, 0.15) is 12.0 Å². The number of amides is 2. The molecule has 0 unspecified atom stereocenters. The number of rotatable bonds is 7. The molecule has 1 atom stereocenters. The SMILES string of the molecule is CSCC[C@H](NC(=O)N(C)Cc1cccc2ncccc12)C(=O)O. The Hall–Kier alpha value is -2.28. The summed E-state index contributed by atoms with van der Waals surface area (Å²) in [6.07, 6.45) is 4.03. The van der Waals surface area contributed by atoms with Crippen LogP contribution in [0.5, 0.6) is 0 Å². The van der Waals surface area contributed by atoms with Crippen LogP contribution in [-0.2, 0) is 11.3 Å². The maximum atomic E-state index is 12.3. The highest BCUT2D eigenvalue weighted by Crippen LogP contribution is 2.17. The summed E-state index contributed by atoms with van der Waals surface area (Å²) in [7, 11) is 1.65. The third-order valence-corrected chi connectivity index (χ3v) is 4.34. The van der Waals surface area contributed by atoms with E-state index in [4.69, 9.17) is 0 Å². The molecule has 6 nitrogen and oxygen atoms in total. The molecule has 1 heterocycles. The van der Waals surface area contributed by atoms with Gasteiger partial charge in [0.1, 0.15) is 6.04 Å². The Morgan fingerprint density at radius 2 is 2.12 bits per heavy atom. The fourth-order valence-corrected chi connectivity index (χ4v) is 2.86. The smallest absolute Gasteiger partial charge is 0.326 e. The minimum atomic E-state index is -1.01. The number of nitrogens with one attached hydrogen (secondary N) is 1. The molecule has 0 fully saturated rings. The van der Waals surface area contributed by atoms with Crippen LogP contribution in [0.2, 0.25) is 0 Å². The predicted octanol–water partition coefficient (Wildman–Crippen LogP) is 2.58. The number of carboxylic acid groups (broad SMARTS) is 1. The van der Waals surface area contributed by atoms with Gasteiger partial charge < -0.3 is 15.3 Å². The Labute approximate surface area is 145 Å². The second-order valence-electron chi connectivity index (χ2n) is 5.47. The fraction of sp³-hybridized carbons (Fsp3) is 0.353. The first-order valence-electron chi connectivity index (χ1n) is 7.59. The predicted molar refractivity (Wildman–Crippen MR) is 96.2 cm³/mol. The largest absolute Gasteiger partial charge is 0.480 e. The van der Waals surface area contributed by atoms with E-state index in [9.17, 15) is 14.7 Å². The number of thioether (sulfide) groups is 1. The third-order valence-electron chi connectivity index (χ3n) is 3.70.